The first-order valence-corrected chi connectivity index (χ1v) is 6.86. The van der Waals surface area contributed by atoms with Crippen LogP contribution in [0.3, 0.4) is 0 Å². The minimum absolute atomic E-state index is 0.0741. The Hall–Kier alpha value is -1.94. The SMILES string of the molecule is CCCC1=CCC(O)(Cc2ccc([N+](=O)[O-])cc2)C=C1. The van der Waals surface area contributed by atoms with E-state index in [1.54, 1.807) is 12.1 Å². The quantitative estimate of drug-likeness (QED) is 0.659. The third-order valence-corrected chi connectivity index (χ3v) is 3.52. The molecule has 20 heavy (non-hydrogen) atoms. The summed E-state index contributed by atoms with van der Waals surface area (Å²) in [5.41, 5.74) is 1.36. The van der Waals surface area contributed by atoms with Crippen molar-refractivity contribution in [1.29, 1.82) is 0 Å². The second-order valence-electron chi connectivity index (χ2n) is 5.27. The van der Waals surface area contributed by atoms with Gasteiger partial charge in [0.15, 0.2) is 0 Å². The van der Waals surface area contributed by atoms with Crippen molar-refractivity contribution in [2.24, 2.45) is 0 Å². The highest BCUT2D eigenvalue weighted by molar-refractivity contribution is 5.35. The van der Waals surface area contributed by atoms with Crippen molar-refractivity contribution in [2.45, 2.75) is 38.2 Å². The van der Waals surface area contributed by atoms with Gasteiger partial charge < -0.3 is 5.11 Å². The van der Waals surface area contributed by atoms with Gasteiger partial charge in [-0.25, -0.2) is 0 Å². The monoisotopic (exact) mass is 273 g/mol. The van der Waals surface area contributed by atoms with Crippen LogP contribution >= 0.6 is 0 Å². The zero-order valence-corrected chi connectivity index (χ0v) is 11.6. The van der Waals surface area contributed by atoms with E-state index in [1.807, 2.05) is 12.2 Å². The minimum atomic E-state index is -0.882. The van der Waals surface area contributed by atoms with Gasteiger partial charge in [-0.15, -0.1) is 0 Å². The van der Waals surface area contributed by atoms with E-state index in [9.17, 15) is 15.2 Å². The fourth-order valence-corrected chi connectivity index (χ4v) is 2.40. The van der Waals surface area contributed by atoms with Crippen LogP contribution in [-0.2, 0) is 6.42 Å². The van der Waals surface area contributed by atoms with E-state index >= 15 is 0 Å². The second kappa shape index (κ2) is 6.01. The van der Waals surface area contributed by atoms with Crippen LogP contribution < -0.4 is 0 Å². The Balaban J connectivity index is 2.03. The Bertz CT molecular complexity index is 545. The number of nitrogens with zero attached hydrogens (tertiary/aromatic N) is 1. The molecule has 0 amide bonds. The Morgan fingerprint density at radius 1 is 1.35 bits per heavy atom. The van der Waals surface area contributed by atoms with E-state index in [0.717, 1.165) is 18.4 Å². The lowest BCUT2D eigenvalue weighted by atomic mass is 9.85. The fraction of sp³-hybridized carbons (Fsp3) is 0.375. The maximum Gasteiger partial charge on any atom is 0.269 e. The number of allylic oxidation sites excluding steroid dienone is 2. The van der Waals surface area contributed by atoms with Gasteiger partial charge in [-0.05, 0) is 18.4 Å². The van der Waals surface area contributed by atoms with E-state index in [-0.39, 0.29) is 5.69 Å². The Labute approximate surface area is 118 Å². The highest BCUT2D eigenvalue weighted by Gasteiger charge is 2.25. The number of rotatable bonds is 5. The molecule has 0 bridgehead atoms. The van der Waals surface area contributed by atoms with E-state index in [4.69, 9.17) is 0 Å². The first-order valence-electron chi connectivity index (χ1n) is 6.86. The summed E-state index contributed by atoms with van der Waals surface area (Å²) in [6.45, 7) is 2.13. The molecule has 0 fully saturated rings. The molecule has 1 aliphatic rings. The maximum atomic E-state index is 10.6. The first-order chi connectivity index (χ1) is 9.52. The van der Waals surface area contributed by atoms with E-state index in [1.165, 1.54) is 17.7 Å². The lowest BCUT2D eigenvalue weighted by Crippen LogP contribution is -2.29. The average Bonchev–Trinajstić information content (AvgIpc) is 2.42. The van der Waals surface area contributed by atoms with Gasteiger partial charge >= 0.3 is 0 Å². The molecular formula is C16H19NO3. The Kier molecular flexibility index (Phi) is 4.35. The van der Waals surface area contributed by atoms with Crippen LogP contribution in [0, 0.1) is 10.1 Å². The van der Waals surface area contributed by atoms with Crippen molar-refractivity contribution in [3.8, 4) is 0 Å². The van der Waals surface area contributed by atoms with E-state index in [0.29, 0.717) is 12.8 Å². The van der Waals surface area contributed by atoms with Gasteiger partial charge in [0.05, 0.1) is 10.5 Å². The summed E-state index contributed by atoms with van der Waals surface area (Å²) in [6, 6.07) is 6.36. The topological polar surface area (TPSA) is 63.4 Å². The third kappa shape index (κ3) is 3.54. The normalized spacial score (nSPS) is 21.6. The van der Waals surface area contributed by atoms with Gasteiger partial charge in [0.1, 0.15) is 0 Å². The van der Waals surface area contributed by atoms with E-state index < -0.39 is 10.5 Å². The van der Waals surface area contributed by atoms with Crippen molar-refractivity contribution in [1.82, 2.24) is 0 Å². The molecule has 0 heterocycles. The molecule has 1 atom stereocenters. The highest BCUT2D eigenvalue weighted by Crippen LogP contribution is 2.27. The largest absolute Gasteiger partial charge is 0.385 e. The number of hydrogen-bond acceptors (Lipinski definition) is 3. The summed E-state index contributed by atoms with van der Waals surface area (Å²) >= 11 is 0. The molecule has 1 aromatic rings. The molecule has 0 spiro atoms. The molecule has 4 heteroatoms. The molecule has 4 nitrogen and oxygen atoms in total. The second-order valence-corrected chi connectivity index (χ2v) is 5.27. The molecule has 0 aromatic heterocycles. The summed E-state index contributed by atoms with van der Waals surface area (Å²) in [5, 5.41) is 21.1. The smallest absolute Gasteiger partial charge is 0.269 e. The lowest BCUT2D eigenvalue weighted by Gasteiger charge is -2.26. The van der Waals surface area contributed by atoms with Gasteiger partial charge in [-0.3, -0.25) is 10.1 Å². The zero-order valence-electron chi connectivity index (χ0n) is 11.6. The maximum absolute atomic E-state index is 10.6. The van der Waals surface area contributed by atoms with Crippen LogP contribution in [0.15, 0.2) is 48.1 Å². The van der Waals surface area contributed by atoms with Crippen molar-refractivity contribution >= 4 is 5.69 Å². The van der Waals surface area contributed by atoms with Crippen LogP contribution in [0.4, 0.5) is 5.69 Å². The molecule has 106 valence electrons. The molecule has 0 radical (unpaired) electrons. The number of aliphatic hydroxyl groups is 1. The van der Waals surface area contributed by atoms with Gasteiger partial charge in [0.2, 0.25) is 0 Å². The number of benzene rings is 1. The molecule has 1 aromatic carbocycles. The van der Waals surface area contributed by atoms with Gasteiger partial charge in [-0.1, -0.05) is 49.3 Å². The van der Waals surface area contributed by atoms with Crippen molar-refractivity contribution in [3.05, 3.63) is 63.7 Å². The van der Waals surface area contributed by atoms with Crippen LogP contribution in [0.5, 0.6) is 0 Å². The van der Waals surface area contributed by atoms with Gasteiger partial charge in [0.25, 0.3) is 5.69 Å². The van der Waals surface area contributed by atoms with Crippen LogP contribution in [0.1, 0.15) is 31.7 Å². The number of nitro groups is 1. The van der Waals surface area contributed by atoms with Crippen LogP contribution in [0.2, 0.25) is 0 Å². The first kappa shape index (κ1) is 14.5. The molecule has 1 unspecified atom stereocenters. The molecule has 0 aliphatic heterocycles. The highest BCUT2D eigenvalue weighted by atomic mass is 16.6. The molecular weight excluding hydrogens is 254 g/mol. The van der Waals surface area contributed by atoms with Crippen molar-refractivity contribution in [2.75, 3.05) is 0 Å². The number of nitro benzene ring substituents is 1. The molecule has 1 aliphatic carbocycles. The average molecular weight is 273 g/mol. The minimum Gasteiger partial charge on any atom is -0.385 e. The third-order valence-electron chi connectivity index (χ3n) is 3.52. The number of non-ortho nitro benzene ring substituents is 1. The standard InChI is InChI=1S/C16H19NO3/c1-2-3-13-8-10-16(18,11-9-13)12-14-4-6-15(7-5-14)17(19)20/h4-10,18H,2-3,11-12H2,1H3. The predicted octanol–water partition coefficient (Wildman–Crippen LogP) is 3.55. The van der Waals surface area contributed by atoms with Crippen molar-refractivity contribution < 1.29 is 10.0 Å². The molecule has 2 rings (SSSR count). The number of hydrogen-bond donors (Lipinski definition) is 1. The van der Waals surface area contributed by atoms with Gasteiger partial charge in [0, 0.05) is 18.6 Å². The zero-order chi connectivity index (χ0) is 14.6. The summed E-state index contributed by atoms with van der Waals surface area (Å²) in [7, 11) is 0. The summed E-state index contributed by atoms with van der Waals surface area (Å²) in [6.07, 6.45) is 9.10. The summed E-state index contributed by atoms with van der Waals surface area (Å²) < 4.78 is 0. The lowest BCUT2D eigenvalue weighted by molar-refractivity contribution is -0.384. The predicted molar refractivity (Wildman–Crippen MR) is 78.5 cm³/mol. The van der Waals surface area contributed by atoms with Gasteiger partial charge in [-0.2, -0.15) is 0 Å². The van der Waals surface area contributed by atoms with Crippen LogP contribution in [0.25, 0.3) is 0 Å². The fourth-order valence-electron chi connectivity index (χ4n) is 2.40. The molecule has 0 saturated carbocycles. The molecule has 1 N–H and O–H groups in total. The van der Waals surface area contributed by atoms with E-state index in [2.05, 4.69) is 13.0 Å². The van der Waals surface area contributed by atoms with Crippen LogP contribution in [-0.4, -0.2) is 15.6 Å². The summed E-state index contributed by atoms with van der Waals surface area (Å²) in [5.74, 6) is 0. The Morgan fingerprint density at radius 3 is 2.55 bits per heavy atom. The van der Waals surface area contributed by atoms with Crippen molar-refractivity contribution in [3.63, 3.8) is 0 Å². The molecule has 0 saturated heterocycles. The Morgan fingerprint density at radius 2 is 2.05 bits per heavy atom. The summed E-state index contributed by atoms with van der Waals surface area (Å²) in [4.78, 5) is 10.2.